The predicted molar refractivity (Wildman–Crippen MR) is 79.9 cm³/mol. The quantitative estimate of drug-likeness (QED) is 0.839. The van der Waals surface area contributed by atoms with Crippen LogP contribution in [-0.4, -0.2) is 30.3 Å². The largest absolute Gasteiger partial charge is 0.342 e. The molecule has 0 fully saturated rings. The maximum absolute atomic E-state index is 12.3. The van der Waals surface area contributed by atoms with Crippen LogP contribution in [0.4, 0.5) is 5.69 Å². The van der Waals surface area contributed by atoms with Crippen LogP contribution in [0.3, 0.4) is 0 Å². The highest BCUT2D eigenvalue weighted by Crippen LogP contribution is 2.24. The van der Waals surface area contributed by atoms with Crippen molar-refractivity contribution in [3.63, 3.8) is 0 Å². The molecule has 0 bridgehead atoms. The molecule has 1 N–H and O–H groups in total. The number of nitrogens with zero attached hydrogens (tertiary/aromatic N) is 1. The van der Waals surface area contributed by atoms with Crippen molar-refractivity contribution >= 4 is 17.5 Å². The minimum atomic E-state index is 0.0493. The van der Waals surface area contributed by atoms with Gasteiger partial charge in [0.05, 0.1) is 0 Å². The van der Waals surface area contributed by atoms with Crippen LogP contribution in [0.25, 0.3) is 0 Å². The second-order valence-electron chi connectivity index (χ2n) is 5.35. The molecule has 1 aliphatic heterocycles. The van der Waals surface area contributed by atoms with Crippen LogP contribution in [0.2, 0.25) is 0 Å². The minimum absolute atomic E-state index is 0.0493. The maximum Gasteiger partial charge on any atom is 0.253 e. The number of rotatable bonds is 5. The lowest BCUT2D eigenvalue weighted by Gasteiger charge is -2.20. The fourth-order valence-corrected chi connectivity index (χ4v) is 2.44. The van der Waals surface area contributed by atoms with E-state index in [0.29, 0.717) is 18.4 Å². The molecule has 0 unspecified atom stereocenters. The van der Waals surface area contributed by atoms with Gasteiger partial charge >= 0.3 is 0 Å². The number of unbranched alkanes of at least 4 members (excludes halogenated alkanes) is 2. The van der Waals surface area contributed by atoms with Crippen LogP contribution in [0.1, 0.15) is 48.5 Å². The van der Waals surface area contributed by atoms with E-state index in [1.807, 2.05) is 19.2 Å². The van der Waals surface area contributed by atoms with Crippen LogP contribution in [0, 0.1) is 0 Å². The third kappa shape index (κ3) is 3.38. The molecule has 0 atom stereocenters. The second kappa shape index (κ2) is 6.55. The summed E-state index contributed by atoms with van der Waals surface area (Å²) in [6, 6.07) is 5.54. The van der Waals surface area contributed by atoms with E-state index in [1.54, 1.807) is 11.0 Å². The third-order valence-electron chi connectivity index (χ3n) is 3.69. The van der Waals surface area contributed by atoms with Gasteiger partial charge < -0.3 is 10.2 Å². The first kappa shape index (κ1) is 14.6. The highest BCUT2D eigenvalue weighted by atomic mass is 16.2. The molecular weight excluding hydrogens is 252 g/mol. The Morgan fingerprint density at radius 3 is 2.85 bits per heavy atom. The summed E-state index contributed by atoms with van der Waals surface area (Å²) in [6.07, 6.45) is 4.55. The number of nitrogens with one attached hydrogen (secondary N) is 1. The average Bonchev–Trinajstić information content (AvgIpc) is 2.46. The molecule has 0 radical (unpaired) electrons. The van der Waals surface area contributed by atoms with Crippen molar-refractivity contribution in [1.82, 2.24) is 4.90 Å². The summed E-state index contributed by atoms with van der Waals surface area (Å²) < 4.78 is 0. The Balaban J connectivity index is 2.05. The van der Waals surface area contributed by atoms with Gasteiger partial charge in [-0.25, -0.2) is 0 Å². The van der Waals surface area contributed by atoms with Gasteiger partial charge in [-0.15, -0.1) is 0 Å². The molecule has 1 aliphatic rings. The van der Waals surface area contributed by atoms with Crippen molar-refractivity contribution in [3.8, 4) is 0 Å². The molecule has 20 heavy (non-hydrogen) atoms. The van der Waals surface area contributed by atoms with Gasteiger partial charge in [-0.1, -0.05) is 19.8 Å². The van der Waals surface area contributed by atoms with Crippen molar-refractivity contribution in [2.24, 2.45) is 0 Å². The smallest absolute Gasteiger partial charge is 0.253 e. The summed E-state index contributed by atoms with van der Waals surface area (Å²) in [5.41, 5.74) is 2.60. The van der Waals surface area contributed by atoms with Crippen LogP contribution >= 0.6 is 0 Å². The summed E-state index contributed by atoms with van der Waals surface area (Å²) >= 11 is 0. The summed E-state index contributed by atoms with van der Waals surface area (Å²) in [4.78, 5) is 25.4. The molecule has 108 valence electrons. The normalized spacial score (nSPS) is 13.6. The molecule has 1 aromatic rings. The number of carbonyl (C=O) groups excluding carboxylic acids is 2. The fourth-order valence-electron chi connectivity index (χ4n) is 2.44. The Hall–Kier alpha value is -1.84. The van der Waals surface area contributed by atoms with Crippen molar-refractivity contribution in [2.45, 2.75) is 39.0 Å². The predicted octanol–water partition coefficient (Wildman–Crippen LogP) is 2.83. The molecule has 0 aliphatic carbocycles. The van der Waals surface area contributed by atoms with Gasteiger partial charge in [-0.2, -0.15) is 0 Å². The van der Waals surface area contributed by atoms with Crippen LogP contribution in [0.5, 0.6) is 0 Å². The van der Waals surface area contributed by atoms with Gasteiger partial charge in [0, 0.05) is 31.3 Å². The molecule has 2 amide bonds. The van der Waals surface area contributed by atoms with E-state index in [2.05, 4.69) is 12.2 Å². The molecule has 0 aromatic heterocycles. The summed E-state index contributed by atoms with van der Waals surface area (Å²) in [5, 5.41) is 2.83. The lowest BCUT2D eigenvalue weighted by Crippen LogP contribution is -2.28. The van der Waals surface area contributed by atoms with E-state index in [1.165, 1.54) is 0 Å². The van der Waals surface area contributed by atoms with Gasteiger partial charge in [0.2, 0.25) is 5.91 Å². The zero-order valence-corrected chi connectivity index (χ0v) is 12.2. The second-order valence-corrected chi connectivity index (χ2v) is 5.35. The van der Waals surface area contributed by atoms with Crippen LogP contribution < -0.4 is 5.32 Å². The number of aryl methyl sites for hydroxylation is 1. The Morgan fingerprint density at radius 2 is 2.10 bits per heavy atom. The number of carbonyl (C=O) groups is 2. The monoisotopic (exact) mass is 274 g/mol. The van der Waals surface area contributed by atoms with Crippen LogP contribution in [0.15, 0.2) is 18.2 Å². The molecule has 2 rings (SSSR count). The summed E-state index contributed by atoms with van der Waals surface area (Å²) in [5.74, 6) is 0.106. The zero-order chi connectivity index (χ0) is 14.5. The topological polar surface area (TPSA) is 49.4 Å². The summed E-state index contributed by atoms with van der Waals surface area (Å²) in [7, 11) is 1.85. The first-order valence-corrected chi connectivity index (χ1v) is 7.30. The van der Waals surface area contributed by atoms with Crippen molar-refractivity contribution in [1.29, 1.82) is 0 Å². The van der Waals surface area contributed by atoms with E-state index in [0.717, 1.165) is 37.1 Å². The lowest BCUT2D eigenvalue weighted by molar-refractivity contribution is -0.116. The molecule has 1 heterocycles. The highest BCUT2D eigenvalue weighted by molar-refractivity contribution is 5.97. The fraction of sp³-hybridized carbons (Fsp3) is 0.500. The van der Waals surface area contributed by atoms with Gasteiger partial charge in [-0.3, -0.25) is 9.59 Å². The standard InChI is InChI=1S/C16H22N2O2/c1-3-4-5-10-18(2)16(20)13-6-8-14-12(11-13)7-9-15(19)17-14/h6,8,11H,3-5,7,9-10H2,1-2H3,(H,17,19). The van der Waals surface area contributed by atoms with E-state index in [4.69, 9.17) is 0 Å². The van der Waals surface area contributed by atoms with Gasteiger partial charge in [0.1, 0.15) is 0 Å². The van der Waals surface area contributed by atoms with E-state index >= 15 is 0 Å². The van der Waals surface area contributed by atoms with Crippen molar-refractivity contribution < 1.29 is 9.59 Å². The molecule has 0 spiro atoms. The Kier molecular flexibility index (Phi) is 4.77. The zero-order valence-electron chi connectivity index (χ0n) is 12.2. The maximum atomic E-state index is 12.3. The molecule has 4 heteroatoms. The van der Waals surface area contributed by atoms with E-state index in [-0.39, 0.29) is 11.8 Å². The summed E-state index contributed by atoms with van der Waals surface area (Å²) in [6.45, 7) is 2.94. The van der Waals surface area contributed by atoms with Crippen molar-refractivity contribution in [2.75, 3.05) is 18.9 Å². The number of anilines is 1. The molecular formula is C16H22N2O2. The molecule has 1 aromatic carbocycles. The van der Waals surface area contributed by atoms with Gasteiger partial charge in [-0.05, 0) is 36.6 Å². The minimum Gasteiger partial charge on any atom is -0.342 e. The SMILES string of the molecule is CCCCCN(C)C(=O)c1ccc2c(c1)CCC(=O)N2. The Labute approximate surface area is 120 Å². The average molecular weight is 274 g/mol. The van der Waals surface area contributed by atoms with E-state index in [9.17, 15) is 9.59 Å². The number of hydrogen-bond acceptors (Lipinski definition) is 2. The first-order chi connectivity index (χ1) is 9.61. The van der Waals surface area contributed by atoms with Crippen molar-refractivity contribution in [3.05, 3.63) is 29.3 Å². The molecule has 0 saturated heterocycles. The molecule has 4 nitrogen and oxygen atoms in total. The Morgan fingerprint density at radius 1 is 1.30 bits per heavy atom. The van der Waals surface area contributed by atoms with Gasteiger partial charge in [0.25, 0.3) is 5.91 Å². The number of hydrogen-bond donors (Lipinski definition) is 1. The van der Waals surface area contributed by atoms with Gasteiger partial charge in [0.15, 0.2) is 0 Å². The Bertz CT molecular complexity index is 511. The third-order valence-corrected chi connectivity index (χ3v) is 3.69. The highest BCUT2D eigenvalue weighted by Gasteiger charge is 2.18. The lowest BCUT2D eigenvalue weighted by atomic mass is 10.00. The first-order valence-electron chi connectivity index (χ1n) is 7.30. The number of benzene rings is 1. The van der Waals surface area contributed by atoms with Crippen LogP contribution in [-0.2, 0) is 11.2 Å². The number of amides is 2. The number of fused-ring (bicyclic) bond motifs is 1. The molecule has 0 saturated carbocycles. The van der Waals surface area contributed by atoms with E-state index < -0.39 is 0 Å².